The zero-order valence-corrected chi connectivity index (χ0v) is 11.7. The molecule has 3 rings (SSSR count). The number of hydrogen-bond acceptors (Lipinski definition) is 3. The van der Waals surface area contributed by atoms with Gasteiger partial charge in [-0.3, -0.25) is 9.00 Å². The minimum atomic E-state index is -1.16. The van der Waals surface area contributed by atoms with Crippen LogP contribution in [0.5, 0.6) is 0 Å². The molecule has 1 aliphatic rings. The summed E-state index contributed by atoms with van der Waals surface area (Å²) in [7, 11) is -1.16. The van der Waals surface area contributed by atoms with Crippen LogP contribution in [-0.4, -0.2) is 16.2 Å². The van der Waals surface area contributed by atoms with E-state index in [4.69, 9.17) is 4.42 Å². The number of nitrogens with one attached hydrogen (secondary N) is 1. The van der Waals surface area contributed by atoms with Gasteiger partial charge in [0.25, 0.3) is 5.91 Å². The van der Waals surface area contributed by atoms with Gasteiger partial charge in [0.05, 0.1) is 16.6 Å². The number of hydrogen-bond donors (Lipinski definition) is 1. The molecule has 1 saturated carbocycles. The van der Waals surface area contributed by atoms with Crippen LogP contribution >= 0.6 is 0 Å². The van der Waals surface area contributed by atoms with Crippen LogP contribution < -0.4 is 5.32 Å². The topological polar surface area (TPSA) is 59.3 Å². The van der Waals surface area contributed by atoms with Gasteiger partial charge in [-0.2, -0.15) is 0 Å². The smallest absolute Gasteiger partial charge is 0.287 e. The van der Waals surface area contributed by atoms with Gasteiger partial charge < -0.3 is 9.73 Å². The Morgan fingerprint density at radius 1 is 1.20 bits per heavy atom. The van der Waals surface area contributed by atoms with Crippen LogP contribution in [0.3, 0.4) is 0 Å². The van der Waals surface area contributed by atoms with E-state index in [0.717, 1.165) is 17.7 Å². The summed E-state index contributed by atoms with van der Waals surface area (Å²) >= 11 is 0. The average Bonchev–Trinajstić information content (AvgIpc) is 3.15. The first kappa shape index (κ1) is 13.1. The number of rotatable bonds is 5. The summed E-state index contributed by atoms with van der Waals surface area (Å²) in [5.74, 6) is 0.940. The lowest BCUT2D eigenvalue weighted by Crippen LogP contribution is -2.24. The minimum Gasteiger partial charge on any atom is -0.455 e. The average molecular weight is 289 g/mol. The maximum absolute atomic E-state index is 12.1. The second-order valence-corrected chi connectivity index (χ2v) is 6.27. The Morgan fingerprint density at radius 2 is 1.95 bits per heavy atom. The summed E-state index contributed by atoms with van der Waals surface area (Å²) in [4.78, 5) is 12.5. The fraction of sp³-hybridized carbons (Fsp3) is 0.267. The van der Waals surface area contributed by atoms with Crippen molar-refractivity contribution < 1.29 is 13.4 Å². The fourth-order valence-electron chi connectivity index (χ4n) is 1.85. The number of carbonyl (C=O) groups is 1. The lowest BCUT2D eigenvalue weighted by molar-refractivity contribution is 0.0922. The van der Waals surface area contributed by atoms with Crippen LogP contribution in [0, 0.1) is 0 Å². The summed E-state index contributed by atoms with van der Waals surface area (Å²) in [6, 6.07) is 12.9. The Hall–Kier alpha value is -1.88. The normalized spacial score (nSPS) is 15.8. The highest BCUT2D eigenvalue weighted by Gasteiger charge is 2.25. The maximum Gasteiger partial charge on any atom is 0.287 e. The monoisotopic (exact) mass is 289 g/mol. The van der Waals surface area contributed by atoms with E-state index >= 15 is 0 Å². The second-order valence-electron chi connectivity index (χ2n) is 4.82. The van der Waals surface area contributed by atoms with Crippen molar-refractivity contribution in [1.82, 2.24) is 5.32 Å². The van der Waals surface area contributed by atoms with Crippen LogP contribution in [0.2, 0.25) is 0 Å². The first-order chi connectivity index (χ1) is 9.72. The lowest BCUT2D eigenvalue weighted by atomic mass is 10.4. The van der Waals surface area contributed by atoms with Crippen molar-refractivity contribution in [2.45, 2.75) is 29.5 Å². The summed E-state index contributed by atoms with van der Waals surface area (Å²) in [6.07, 6.45) is 2.08. The Balaban J connectivity index is 1.64. The molecular formula is C15H15NO3S. The molecule has 0 spiro atoms. The van der Waals surface area contributed by atoms with E-state index in [0.29, 0.717) is 11.8 Å². The molecule has 1 atom stereocenters. The van der Waals surface area contributed by atoms with Gasteiger partial charge in [-0.25, -0.2) is 0 Å². The van der Waals surface area contributed by atoms with Crippen molar-refractivity contribution in [3.8, 4) is 0 Å². The molecule has 104 valence electrons. The molecule has 1 fully saturated rings. The zero-order chi connectivity index (χ0) is 13.9. The molecule has 1 aromatic carbocycles. The first-order valence-electron chi connectivity index (χ1n) is 6.55. The Bertz CT molecular complexity index is 632. The highest BCUT2D eigenvalue weighted by molar-refractivity contribution is 7.84. The van der Waals surface area contributed by atoms with E-state index < -0.39 is 10.8 Å². The third-order valence-corrected chi connectivity index (χ3v) is 4.42. The summed E-state index contributed by atoms with van der Waals surface area (Å²) < 4.78 is 17.6. The van der Waals surface area contributed by atoms with Crippen LogP contribution in [0.25, 0.3) is 0 Å². The molecule has 5 heteroatoms. The molecule has 1 aliphatic carbocycles. The van der Waals surface area contributed by atoms with Crippen LogP contribution in [0.1, 0.15) is 29.2 Å². The molecular weight excluding hydrogens is 274 g/mol. The Morgan fingerprint density at radius 3 is 2.65 bits per heavy atom. The van der Waals surface area contributed by atoms with Gasteiger partial charge in [-0.1, -0.05) is 18.2 Å². The van der Waals surface area contributed by atoms with Crippen molar-refractivity contribution in [1.29, 1.82) is 0 Å². The Labute approximate surface area is 119 Å². The molecule has 0 radical (unpaired) electrons. The zero-order valence-electron chi connectivity index (χ0n) is 10.9. The Kier molecular flexibility index (Phi) is 3.69. The first-order valence-corrected chi connectivity index (χ1v) is 7.87. The molecule has 20 heavy (non-hydrogen) atoms. The summed E-state index contributed by atoms with van der Waals surface area (Å²) in [5.41, 5.74) is 0. The second kappa shape index (κ2) is 5.63. The minimum absolute atomic E-state index is 0.191. The molecule has 0 aliphatic heterocycles. The number of amides is 1. The molecule has 1 heterocycles. The number of carbonyl (C=O) groups excluding carboxylic acids is 1. The highest BCUT2D eigenvalue weighted by atomic mass is 32.2. The molecule has 0 bridgehead atoms. The van der Waals surface area contributed by atoms with Gasteiger partial charge in [-0.15, -0.1) is 0 Å². The molecule has 1 aromatic heterocycles. The van der Waals surface area contributed by atoms with Crippen molar-refractivity contribution in [2.24, 2.45) is 0 Å². The summed E-state index contributed by atoms with van der Waals surface area (Å²) in [6.45, 7) is 0. The molecule has 0 saturated heterocycles. The van der Waals surface area contributed by atoms with Crippen molar-refractivity contribution in [3.05, 3.63) is 54.0 Å². The van der Waals surface area contributed by atoms with E-state index in [-0.39, 0.29) is 17.4 Å². The molecule has 1 unspecified atom stereocenters. The molecule has 1 N–H and O–H groups in total. The number of furan rings is 1. The van der Waals surface area contributed by atoms with E-state index in [9.17, 15) is 9.00 Å². The van der Waals surface area contributed by atoms with E-state index in [1.165, 1.54) is 0 Å². The predicted octanol–water partition coefficient (Wildman–Crippen LogP) is 2.48. The molecule has 4 nitrogen and oxygen atoms in total. The quantitative estimate of drug-likeness (QED) is 0.920. The largest absolute Gasteiger partial charge is 0.455 e. The van der Waals surface area contributed by atoms with E-state index in [1.54, 1.807) is 12.1 Å². The SMILES string of the molecule is O=C(NC1CC1)c1ccc(CS(=O)c2ccccc2)o1. The predicted molar refractivity (Wildman–Crippen MR) is 75.8 cm³/mol. The van der Waals surface area contributed by atoms with Crippen molar-refractivity contribution in [2.75, 3.05) is 0 Å². The van der Waals surface area contributed by atoms with Gasteiger partial charge in [0.15, 0.2) is 5.76 Å². The highest BCUT2D eigenvalue weighted by Crippen LogP contribution is 2.20. The lowest BCUT2D eigenvalue weighted by Gasteiger charge is -2.00. The van der Waals surface area contributed by atoms with Crippen LogP contribution in [0.4, 0.5) is 0 Å². The van der Waals surface area contributed by atoms with E-state index in [1.807, 2.05) is 30.3 Å². The van der Waals surface area contributed by atoms with Crippen molar-refractivity contribution in [3.63, 3.8) is 0 Å². The number of benzene rings is 1. The van der Waals surface area contributed by atoms with Crippen molar-refractivity contribution >= 4 is 16.7 Å². The van der Waals surface area contributed by atoms with Gasteiger partial charge in [0.2, 0.25) is 0 Å². The van der Waals surface area contributed by atoms with Gasteiger partial charge >= 0.3 is 0 Å². The molecule has 2 aromatic rings. The van der Waals surface area contributed by atoms with Crippen LogP contribution in [-0.2, 0) is 16.6 Å². The van der Waals surface area contributed by atoms with Gasteiger partial charge in [0, 0.05) is 10.9 Å². The van der Waals surface area contributed by atoms with Gasteiger partial charge in [0.1, 0.15) is 5.76 Å². The van der Waals surface area contributed by atoms with Crippen LogP contribution in [0.15, 0.2) is 51.8 Å². The maximum atomic E-state index is 12.1. The third kappa shape index (κ3) is 3.17. The standard InChI is InChI=1S/C15H15NO3S/c17-15(16-11-6-7-11)14-9-8-12(19-14)10-20(18)13-4-2-1-3-5-13/h1-5,8-9,11H,6-7,10H2,(H,16,17). The fourth-order valence-corrected chi connectivity index (χ4v) is 2.89. The molecule has 1 amide bonds. The van der Waals surface area contributed by atoms with Gasteiger partial charge in [-0.05, 0) is 37.1 Å². The van der Waals surface area contributed by atoms with E-state index in [2.05, 4.69) is 5.32 Å². The third-order valence-electron chi connectivity index (χ3n) is 3.08. The summed E-state index contributed by atoms with van der Waals surface area (Å²) in [5, 5.41) is 2.86.